The van der Waals surface area contributed by atoms with Crippen LogP contribution in [0.3, 0.4) is 0 Å². The van der Waals surface area contributed by atoms with Crippen LogP contribution in [-0.4, -0.2) is 25.2 Å². The fraction of sp³-hybridized carbons (Fsp3) is 0.444. The topological polar surface area (TPSA) is 57.4 Å². The van der Waals surface area contributed by atoms with Gasteiger partial charge in [-0.05, 0) is 19.0 Å². The molecule has 0 aromatic carbocycles. The van der Waals surface area contributed by atoms with E-state index in [1.165, 1.54) is 0 Å². The van der Waals surface area contributed by atoms with Crippen molar-refractivity contribution < 1.29 is 9.47 Å². The van der Waals surface area contributed by atoms with E-state index in [0.29, 0.717) is 19.0 Å². The molecule has 2 N–H and O–H groups in total. The SMILES string of the molecule is COc1ccc(OCCCN)cn1. The zero-order valence-electron chi connectivity index (χ0n) is 7.69. The van der Waals surface area contributed by atoms with Crippen LogP contribution in [0.15, 0.2) is 18.3 Å². The van der Waals surface area contributed by atoms with Crippen molar-refractivity contribution in [1.82, 2.24) is 4.98 Å². The molecule has 0 radical (unpaired) electrons. The Morgan fingerprint density at radius 1 is 1.46 bits per heavy atom. The van der Waals surface area contributed by atoms with Crippen LogP contribution in [0.5, 0.6) is 11.6 Å². The molecule has 1 aromatic heterocycles. The molecule has 72 valence electrons. The van der Waals surface area contributed by atoms with Crippen molar-refractivity contribution in [2.75, 3.05) is 20.3 Å². The minimum absolute atomic E-state index is 0.589. The Labute approximate surface area is 77.7 Å². The monoisotopic (exact) mass is 182 g/mol. The predicted octanol–water partition coefficient (Wildman–Crippen LogP) is 0.818. The molecule has 0 atom stereocenters. The maximum absolute atomic E-state index is 5.35. The molecule has 1 heterocycles. The van der Waals surface area contributed by atoms with Gasteiger partial charge in [-0.25, -0.2) is 4.98 Å². The van der Waals surface area contributed by atoms with Crippen molar-refractivity contribution in [2.45, 2.75) is 6.42 Å². The smallest absolute Gasteiger partial charge is 0.213 e. The van der Waals surface area contributed by atoms with E-state index >= 15 is 0 Å². The van der Waals surface area contributed by atoms with E-state index in [1.807, 2.05) is 6.07 Å². The highest BCUT2D eigenvalue weighted by Crippen LogP contribution is 2.12. The first-order chi connectivity index (χ1) is 6.36. The molecular formula is C9H14N2O2. The van der Waals surface area contributed by atoms with Crippen LogP contribution in [0.25, 0.3) is 0 Å². The molecule has 0 bridgehead atoms. The number of pyridine rings is 1. The predicted molar refractivity (Wildman–Crippen MR) is 50.0 cm³/mol. The Kier molecular flexibility index (Phi) is 4.05. The lowest BCUT2D eigenvalue weighted by atomic mass is 10.4. The summed E-state index contributed by atoms with van der Waals surface area (Å²) in [6.07, 6.45) is 2.49. The third-order valence-electron chi connectivity index (χ3n) is 1.54. The van der Waals surface area contributed by atoms with Gasteiger partial charge < -0.3 is 15.2 Å². The Morgan fingerprint density at radius 3 is 2.85 bits per heavy atom. The highest BCUT2D eigenvalue weighted by Gasteiger charge is 1.94. The van der Waals surface area contributed by atoms with E-state index in [2.05, 4.69) is 4.98 Å². The van der Waals surface area contributed by atoms with Crippen molar-refractivity contribution in [3.63, 3.8) is 0 Å². The van der Waals surface area contributed by atoms with Gasteiger partial charge in [0.1, 0.15) is 5.75 Å². The maximum atomic E-state index is 5.35. The number of ether oxygens (including phenoxy) is 2. The van der Waals surface area contributed by atoms with Gasteiger partial charge >= 0.3 is 0 Å². The van der Waals surface area contributed by atoms with E-state index in [4.69, 9.17) is 15.2 Å². The summed E-state index contributed by atoms with van der Waals surface area (Å²) in [5.41, 5.74) is 5.32. The zero-order valence-corrected chi connectivity index (χ0v) is 7.69. The van der Waals surface area contributed by atoms with E-state index in [9.17, 15) is 0 Å². The molecule has 0 aliphatic rings. The van der Waals surface area contributed by atoms with E-state index in [-0.39, 0.29) is 0 Å². The first kappa shape index (κ1) is 9.80. The quantitative estimate of drug-likeness (QED) is 0.685. The van der Waals surface area contributed by atoms with Gasteiger partial charge in [0.25, 0.3) is 0 Å². The van der Waals surface area contributed by atoms with Gasteiger partial charge in [0.2, 0.25) is 5.88 Å². The first-order valence-electron chi connectivity index (χ1n) is 4.19. The van der Waals surface area contributed by atoms with Crippen LogP contribution in [0, 0.1) is 0 Å². The molecule has 0 aliphatic carbocycles. The third kappa shape index (κ3) is 3.29. The Morgan fingerprint density at radius 2 is 2.31 bits per heavy atom. The molecule has 0 amide bonds. The highest BCUT2D eigenvalue weighted by atomic mass is 16.5. The van der Waals surface area contributed by atoms with Crippen LogP contribution in [0.1, 0.15) is 6.42 Å². The summed E-state index contributed by atoms with van der Waals surface area (Å²) in [5.74, 6) is 1.33. The number of rotatable bonds is 5. The molecule has 1 aromatic rings. The van der Waals surface area contributed by atoms with Crippen molar-refractivity contribution in [3.05, 3.63) is 18.3 Å². The van der Waals surface area contributed by atoms with Crippen LogP contribution in [0.2, 0.25) is 0 Å². The summed E-state index contributed by atoms with van der Waals surface area (Å²) in [5, 5.41) is 0. The molecule has 4 heteroatoms. The summed E-state index contributed by atoms with van der Waals surface area (Å²) in [4.78, 5) is 4.00. The summed E-state index contributed by atoms with van der Waals surface area (Å²) in [6.45, 7) is 1.27. The average molecular weight is 182 g/mol. The van der Waals surface area contributed by atoms with Gasteiger partial charge in [0.05, 0.1) is 19.9 Å². The standard InChI is InChI=1S/C9H14N2O2/c1-12-9-4-3-8(7-11-9)13-6-2-5-10/h3-4,7H,2,5-6,10H2,1H3. The Hall–Kier alpha value is -1.29. The number of nitrogens with zero attached hydrogens (tertiary/aromatic N) is 1. The fourth-order valence-electron chi connectivity index (χ4n) is 0.846. The molecular weight excluding hydrogens is 168 g/mol. The molecule has 0 saturated carbocycles. The number of hydrogen-bond donors (Lipinski definition) is 1. The van der Waals surface area contributed by atoms with Crippen molar-refractivity contribution in [1.29, 1.82) is 0 Å². The average Bonchev–Trinajstić information content (AvgIpc) is 2.19. The second kappa shape index (κ2) is 5.37. The molecule has 4 nitrogen and oxygen atoms in total. The summed E-state index contributed by atoms with van der Waals surface area (Å²) >= 11 is 0. The number of aromatic nitrogens is 1. The van der Waals surface area contributed by atoms with Gasteiger partial charge in [-0.15, -0.1) is 0 Å². The van der Waals surface area contributed by atoms with Gasteiger partial charge in [-0.2, -0.15) is 0 Å². The van der Waals surface area contributed by atoms with Gasteiger partial charge in [0, 0.05) is 6.07 Å². The van der Waals surface area contributed by atoms with Crippen LogP contribution >= 0.6 is 0 Å². The summed E-state index contributed by atoms with van der Waals surface area (Å²) < 4.78 is 10.3. The minimum atomic E-state index is 0.589. The highest BCUT2D eigenvalue weighted by molar-refractivity contribution is 5.22. The largest absolute Gasteiger partial charge is 0.492 e. The van der Waals surface area contributed by atoms with Gasteiger partial charge in [0.15, 0.2) is 0 Å². The second-order valence-corrected chi connectivity index (χ2v) is 2.53. The Balaban J connectivity index is 2.40. The minimum Gasteiger partial charge on any atom is -0.492 e. The molecule has 13 heavy (non-hydrogen) atoms. The van der Waals surface area contributed by atoms with Gasteiger partial charge in [-0.3, -0.25) is 0 Å². The Bertz CT molecular complexity index is 236. The lowest BCUT2D eigenvalue weighted by Crippen LogP contribution is -2.06. The summed E-state index contributed by atoms with van der Waals surface area (Å²) in [6, 6.07) is 3.58. The van der Waals surface area contributed by atoms with Crippen LogP contribution in [0.4, 0.5) is 0 Å². The molecule has 0 spiro atoms. The normalized spacial score (nSPS) is 9.69. The van der Waals surface area contributed by atoms with E-state index < -0.39 is 0 Å². The molecule has 0 fully saturated rings. The molecule has 0 unspecified atom stereocenters. The van der Waals surface area contributed by atoms with Crippen molar-refractivity contribution in [2.24, 2.45) is 5.73 Å². The van der Waals surface area contributed by atoms with Crippen LogP contribution in [-0.2, 0) is 0 Å². The molecule has 0 aliphatic heterocycles. The van der Waals surface area contributed by atoms with Gasteiger partial charge in [-0.1, -0.05) is 0 Å². The number of hydrogen-bond acceptors (Lipinski definition) is 4. The third-order valence-corrected chi connectivity index (χ3v) is 1.54. The zero-order chi connectivity index (χ0) is 9.52. The first-order valence-corrected chi connectivity index (χ1v) is 4.19. The summed E-state index contributed by atoms with van der Waals surface area (Å²) in [7, 11) is 1.58. The number of methoxy groups -OCH3 is 1. The fourth-order valence-corrected chi connectivity index (χ4v) is 0.846. The van der Waals surface area contributed by atoms with E-state index in [1.54, 1.807) is 19.4 Å². The van der Waals surface area contributed by atoms with Crippen LogP contribution < -0.4 is 15.2 Å². The number of nitrogens with two attached hydrogens (primary N) is 1. The second-order valence-electron chi connectivity index (χ2n) is 2.53. The van der Waals surface area contributed by atoms with Crippen molar-refractivity contribution >= 4 is 0 Å². The lowest BCUT2D eigenvalue weighted by Gasteiger charge is -2.04. The van der Waals surface area contributed by atoms with E-state index in [0.717, 1.165) is 12.2 Å². The maximum Gasteiger partial charge on any atom is 0.213 e. The van der Waals surface area contributed by atoms with Crippen molar-refractivity contribution in [3.8, 4) is 11.6 Å². The molecule has 1 rings (SSSR count). The lowest BCUT2D eigenvalue weighted by molar-refractivity contribution is 0.310. The molecule has 0 saturated heterocycles.